The molecule has 154 valence electrons. The van der Waals surface area contributed by atoms with Crippen molar-refractivity contribution in [2.24, 2.45) is 0 Å². The molecule has 3 N–H and O–H groups in total. The first kappa shape index (κ1) is 19.7. The molecule has 4 rings (SSSR count). The highest BCUT2D eigenvalue weighted by Crippen LogP contribution is 2.22. The van der Waals surface area contributed by atoms with Gasteiger partial charge in [0.2, 0.25) is 5.91 Å². The summed E-state index contributed by atoms with van der Waals surface area (Å²) in [7, 11) is 0. The number of H-pyrrole nitrogens is 1. The summed E-state index contributed by atoms with van der Waals surface area (Å²) in [5.41, 5.74) is 3.92. The average molecular weight is 396 g/mol. The SMILES string of the molecule is O=C(N[C@@H](Cc1ccccc1)C(=O)N1CCC(O)CC1)c1cc2c([nH]1)CCCC2. The number of aliphatic hydroxyl groups excluding tert-OH is 1. The normalized spacial score (nSPS) is 18.2. The summed E-state index contributed by atoms with van der Waals surface area (Å²) in [5.74, 6) is -0.309. The number of aromatic nitrogens is 1. The molecule has 29 heavy (non-hydrogen) atoms. The number of aliphatic hydroxyl groups is 1. The Labute approximate surface area is 171 Å². The van der Waals surface area contributed by atoms with Crippen molar-refractivity contribution in [3.05, 3.63) is 58.9 Å². The van der Waals surface area contributed by atoms with Crippen molar-refractivity contribution in [2.75, 3.05) is 13.1 Å². The minimum absolute atomic E-state index is 0.0783. The summed E-state index contributed by atoms with van der Waals surface area (Å²) in [5, 5.41) is 12.7. The Bertz CT molecular complexity index is 830. The monoisotopic (exact) mass is 395 g/mol. The van der Waals surface area contributed by atoms with Crippen LogP contribution in [-0.4, -0.2) is 52.0 Å². The van der Waals surface area contributed by atoms with Crippen LogP contribution in [0.15, 0.2) is 36.4 Å². The van der Waals surface area contributed by atoms with Crippen LogP contribution in [0, 0.1) is 0 Å². The molecule has 0 saturated carbocycles. The molecule has 6 nitrogen and oxygen atoms in total. The summed E-state index contributed by atoms with van der Waals surface area (Å²) in [6, 6.07) is 11.1. The van der Waals surface area contributed by atoms with Gasteiger partial charge in [0, 0.05) is 25.2 Å². The third kappa shape index (κ3) is 4.70. The number of hydrogen-bond acceptors (Lipinski definition) is 3. The lowest BCUT2D eigenvalue weighted by Crippen LogP contribution is -2.52. The number of rotatable bonds is 5. The fourth-order valence-electron chi connectivity index (χ4n) is 4.32. The Balaban J connectivity index is 1.50. The number of likely N-dealkylation sites (tertiary alicyclic amines) is 1. The molecule has 0 radical (unpaired) electrons. The van der Waals surface area contributed by atoms with E-state index in [4.69, 9.17) is 0 Å². The number of aromatic amines is 1. The fraction of sp³-hybridized carbons (Fsp3) is 0.478. The van der Waals surface area contributed by atoms with Gasteiger partial charge in [-0.15, -0.1) is 0 Å². The number of carbonyl (C=O) groups is 2. The molecule has 0 bridgehead atoms. The van der Waals surface area contributed by atoms with Crippen molar-refractivity contribution in [3.63, 3.8) is 0 Å². The van der Waals surface area contributed by atoms with E-state index in [0.29, 0.717) is 38.0 Å². The van der Waals surface area contributed by atoms with Gasteiger partial charge >= 0.3 is 0 Å². The molecule has 2 amide bonds. The van der Waals surface area contributed by atoms with Crippen molar-refractivity contribution in [1.82, 2.24) is 15.2 Å². The maximum Gasteiger partial charge on any atom is 0.268 e. The summed E-state index contributed by atoms with van der Waals surface area (Å²) in [4.78, 5) is 31.2. The summed E-state index contributed by atoms with van der Waals surface area (Å²) in [6.07, 6.45) is 5.55. The third-order valence-electron chi connectivity index (χ3n) is 6.02. The zero-order chi connectivity index (χ0) is 20.2. The number of aryl methyl sites for hydroxylation is 2. The number of carbonyl (C=O) groups excluding carboxylic acids is 2. The lowest BCUT2D eigenvalue weighted by Gasteiger charge is -2.32. The first-order chi connectivity index (χ1) is 14.1. The van der Waals surface area contributed by atoms with Gasteiger partial charge in [0.15, 0.2) is 0 Å². The highest BCUT2D eigenvalue weighted by molar-refractivity contribution is 5.96. The summed E-state index contributed by atoms with van der Waals surface area (Å²) < 4.78 is 0. The first-order valence-corrected chi connectivity index (χ1v) is 10.6. The Kier molecular flexibility index (Phi) is 6.00. The van der Waals surface area contributed by atoms with Crippen LogP contribution < -0.4 is 5.32 Å². The molecule has 1 fully saturated rings. The molecule has 1 aromatic heterocycles. The van der Waals surface area contributed by atoms with Crippen LogP contribution in [0.3, 0.4) is 0 Å². The van der Waals surface area contributed by atoms with Crippen LogP contribution >= 0.6 is 0 Å². The van der Waals surface area contributed by atoms with E-state index in [1.807, 2.05) is 36.4 Å². The Hall–Kier alpha value is -2.60. The van der Waals surface area contributed by atoms with Gasteiger partial charge < -0.3 is 20.3 Å². The second kappa shape index (κ2) is 8.82. The minimum atomic E-state index is -0.625. The van der Waals surface area contributed by atoms with Crippen molar-refractivity contribution in [1.29, 1.82) is 0 Å². The zero-order valence-electron chi connectivity index (χ0n) is 16.7. The summed E-state index contributed by atoms with van der Waals surface area (Å²) >= 11 is 0. The lowest BCUT2D eigenvalue weighted by atomic mass is 9.98. The predicted octanol–water partition coefficient (Wildman–Crippen LogP) is 2.22. The van der Waals surface area contributed by atoms with Crippen LogP contribution in [0.2, 0.25) is 0 Å². The van der Waals surface area contributed by atoms with Crippen LogP contribution in [0.4, 0.5) is 0 Å². The number of piperidine rings is 1. The van der Waals surface area contributed by atoms with E-state index < -0.39 is 6.04 Å². The van der Waals surface area contributed by atoms with E-state index in [1.165, 1.54) is 5.56 Å². The van der Waals surface area contributed by atoms with Crippen molar-refractivity contribution in [2.45, 2.75) is 57.1 Å². The van der Waals surface area contributed by atoms with Crippen LogP contribution in [0.5, 0.6) is 0 Å². The molecular formula is C23H29N3O3. The number of hydrogen-bond donors (Lipinski definition) is 3. The molecule has 1 saturated heterocycles. The molecule has 1 aliphatic heterocycles. The van der Waals surface area contributed by atoms with Crippen LogP contribution in [0.25, 0.3) is 0 Å². The van der Waals surface area contributed by atoms with E-state index >= 15 is 0 Å². The maximum absolute atomic E-state index is 13.2. The smallest absolute Gasteiger partial charge is 0.268 e. The summed E-state index contributed by atoms with van der Waals surface area (Å²) in [6.45, 7) is 1.05. The predicted molar refractivity (Wildman–Crippen MR) is 111 cm³/mol. The van der Waals surface area contributed by atoms with E-state index in [-0.39, 0.29) is 17.9 Å². The van der Waals surface area contributed by atoms with E-state index in [0.717, 1.165) is 36.9 Å². The van der Waals surface area contributed by atoms with Gasteiger partial charge in [-0.05, 0) is 55.7 Å². The van der Waals surface area contributed by atoms with Crippen molar-refractivity contribution < 1.29 is 14.7 Å². The van der Waals surface area contributed by atoms with Gasteiger partial charge in [-0.3, -0.25) is 9.59 Å². The second-order valence-electron chi connectivity index (χ2n) is 8.17. The quantitative estimate of drug-likeness (QED) is 0.726. The minimum Gasteiger partial charge on any atom is -0.393 e. The molecule has 1 aliphatic carbocycles. The number of benzene rings is 1. The lowest BCUT2D eigenvalue weighted by molar-refractivity contribution is -0.135. The van der Waals surface area contributed by atoms with Crippen molar-refractivity contribution in [3.8, 4) is 0 Å². The first-order valence-electron chi connectivity index (χ1n) is 10.6. The van der Waals surface area contributed by atoms with Gasteiger partial charge in [0.1, 0.15) is 11.7 Å². The number of nitrogens with zero attached hydrogens (tertiary/aromatic N) is 1. The number of nitrogens with one attached hydrogen (secondary N) is 2. The second-order valence-corrected chi connectivity index (χ2v) is 8.17. The number of fused-ring (bicyclic) bond motifs is 1. The van der Waals surface area contributed by atoms with Crippen LogP contribution in [0.1, 0.15) is 53.0 Å². The zero-order valence-corrected chi connectivity index (χ0v) is 16.7. The topological polar surface area (TPSA) is 85.4 Å². The molecule has 1 aromatic carbocycles. The van der Waals surface area contributed by atoms with Gasteiger partial charge in [0.25, 0.3) is 5.91 Å². The third-order valence-corrected chi connectivity index (χ3v) is 6.02. The maximum atomic E-state index is 13.2. The highest BCUT2D eigenvalue weighted by atomic mass is 16.3. The van der Waals surface area contributed by atoms with Gasteiger partial charge in [0.05, 0.1) is 6.10 Å². The molecule has 6 heteroatoms. The largest absolute Gasteiger partial charge is 0.393 e. The van der Waals surface area contributed by atoms with Gasteiger partial charge in [-0.25, -0.2) is 0 Å². The molecule has 2 heterocycles. The Morgan fingerprint density at radius 3 is 2.59 bits per heavy atom. The van der Waals surface area contributed by atoms with Gasteiger partial charge in [-0.1, -0.05) is 30.3 Å². The molecule has 2 aromatic rings. The molecule has 0 spiro atoms. The average Bonchev–Trinajstić information content (AvgIpc) is 3.18. The van der Waals surface area contributed by atoms with Gasteiger partial charge in [-0.2, -0.15) is 0 Å². The standard InChI is InChI=1S/C23H29N3O3/c27-18-10-12-26(13-11-18)23(29)21(14-16-6-2-1-3-7-16)25-22(28)20-15-17-8-4-5-9-19(17)24-20/h1-3,6-7,15,18,21,24,27H,4-5,8-14H2,(H,25,28)/t21-/m0/s1. The molecule has 2 aliphatic rings. The number of amides is 2. The Morgan fingerprint density at radius 1 is 1.14 bits per heavy atom. The highest BCUT2D eigenvalue weighted by Gasteiger charge is 2.30. The molecule has 1 atom stereocenters. The molecule has 0 unspecified atom stereocenters. The van der Waals surface area contributed by atoms with E-state index in [2.05, 4.69) is 10.3 Å². The van der Waals surface area contributed by atoms with E-state index in [9.17, 15) is 14.7 Å². The van der Waals surface area contributed by atoms with Crippen molar-refractivity contribution >= 4 is 11.8 Å². The molecular weight excluding hydrogens is 366 g/mol. The van der Waals surface area contributed by atoms with E-state index in [1.54, 1.807) is 4.90 Å². The van der Waals surface area contributed by atoms with Crippen LogP contribution in [-0.2, 0) is 24.1 Å². The fourth-order valence-corrected chi connectivity index (χ4v) is 4.32. The Morgan fingerprint density at radius 2 is 1.86 bits per heavy atom.